The van der Waals surface area contributed by atoms with Gasteiger partial charge in [0.2, 0.25) is 0 Å². The summed E-state index contributed by atoms with van der Waals surface area (Å²) in [7, 11) is 0. The van der Waals surface area contributed by atoms with E-state index in [0.29, 0.717) is 17.9 Å². The molecule has 1 aromatic carbocycles. The lowest BCUT2D eigenvalue weighted by molar-refractivity contribution is -0.131. The van der Waals surface area contributed by atoms with Gasteiger partial charge in [-0.15, -0.1) is 0 Å². The summed E-state index contributed by atoms with van der Waals surface area (Å²) in [4.78, 5) is 23.0. The van der Waals surface area contributed by atoms with Gasteiger partial charge in [0.05, 0.1) is 0 Å². The van der Waals surface area contributed by atoms with E-state index in [0.717, 1.165) is 6.42 Å². The van der Waals surface area contributed by atoms with Crippen LogP contribution in [0.3, 0.4) is 0 Å². The lowest BCUT2D eigenvalue weighted by atomic mass is 10.0. The molecular weight excluding hydrogens is 386 g/mol. The quantitative estimate of drug-likeness (QED) is 0.139. The third-order valence-corrected chi connectivity index (χ3v) is 5.69. The molecule has 1 N–H and O–H groups in total. The van der Waals surface area contributed by atoms with E-state index in [9.17, 15) is 9.59 Å². The summed E-state index contributed by atoms with van der Waals surface area (Å²) in [5, 5.41) is 2.96. The van der Waals surface area contributed by atoms with Crippen molar-refractivity contribution in [1.82, 2.24) is 5.32 Å². The minimum absolute atomic E-state index is 0.0738. The maximum Gasteiger partial charge on any atom is 0.308 e. The van der Waals surface area contributed by atoms with Crippen LogP contribution in [0, 0.1) is 0 Å². The minimum Gasteiger partial charge on any atom is -0.427 e. The third-order valence-electron chi connectivity index (χ3n) is 5.69. The van der Waals surface area contributed by atoms with Gasteiger partial charge in [-0.2, -0.15) is 0 Å². The number of nitrogens with one attached hydrogen (secondary N) is 1. The highest BCUT2D eigenvalue weighted by Gasteiger charge is 2.05. The Kier molecular flexibility index (Phi) is 16.6. The van der Waals surface area contributed by atoms with Crippen molar-refractivity contribution in [1.29, 1.82) is 0 Å². The van der Waals surface area contributed by atoms with E-state index in [4.69, 9.17) is 4.74 Å². The van der Waals surface area contributed by atoms with Crippen LogP contribution in [0.2, 0.25) is 0 Å². The first kappa shape index (κ1) is 27.2. The number of carbonyl (C=O) groups excluding carboxylic acids is 2. The monoisotopic (exact) mass is 431 g/mol. The van der Waals surface area contributed by atoms with Crippen molar-refractivity contribution in [2.75, 3.05) is 6.54 Å². The molecule has 0 fully saturated rings. The molecule has 1 amide bonds. The van der Waals surface area contributed by atoms with E-state index in [1.807, 2.05) is 0 Å². The Labute approximate surface area is 190 Å². The zero-order chi connectivity index (χ0) is 22.6. The van der Waals surface area contributed by atoms with Crippen LogP contribution in [0.25, 0.3) is 0 Å². The van der Waals surface area contributed by atoms with Gasteiger partial charge >= 0.3 is 5.97 Å². The van der Waals surface area contributed by atoms with Crippen molar-refractivity contribution < 1.29 is 14.3 Å². The standard InChI is InChI=1S/C27H45NO3/c1-3-4-5-6-7-8-9-10-11-12-13-14-15-16-17-18-23-28-27(30)25-19-21-26(22-20-25)31-24(2)29/h19-22H,3-18,23H2,1-2H3,(H,28,30). The molecule has 0 radical (unpaired) electrons. The topological polar surface area (TPSA) is 55.4 Å². The molecule has 176 valence electrons. The maximum absolute atomic E-state index is 12.1. The van der Waals surface area contributed by atoms with Crippen molar-refractivity contribution in [2.45, 2.75) is 117 Å². The number of ether oxygens (including phenoxy) is 1. The lowest BCUT2D eigenvalue weighted by Gasteiger charge is -2.06. The van der Waals surface area contributed by atoms with Gasteiger partial charge in [0, 0.05) is 19.0 Å². The molecule has 0 saturated carbocycles. The minimum atomic E-state index is -0.360. The average Bonchev–Trinajstić information content (AvgIpc) is 2.76. The molecule has 0 aromatic heterocycles. The smallest absolute Gasteiger partial charge is 0.308 e. The summed E-state index contributed by atoms with van der Waals surface area (Å²) in [5.74, 6) is 0.0258. The van der Waals surface area contributed by atoms with Crippen molar-refractivity contribution in [2.24, 2.45) is 0 Å². The first-order valence-electron chi connectivity index (χ1n) is 12.7. The van der Waals surface area contributed by atoms with Crippen LogP contribution in [-0.4, -0.2) is 18.4 Å². The molecule has 0 aliphatic rings. The van der Waals surface area contributed by atoms with Gasteiger partial charge in [0.1, 0.15) is 5.75 Å². The van der Waals surface area contributed by atoms with E-state index in [1.165, 1.54) is 103 Å². The summed E-state index contributed by atoms with van der Waals surface area (Å²) < 4.78 is 4.98. The highest BCUT2D eigenvalue weighted by molar-refractivity contribution is 5.94. The summed E-state index contributed by atoms with van der Waals surface area (Å²) in [6.07, 6.45) is 21.6. The Morgan fingerprint density at radius 3 is 1.52 bits per heavy atom. The molecule has 1 aromatic rings. The predicted octanol–water partition coefficient (Wildman–Crippen LogP) is 7.60. The number of carbonyl (C=O) groups is 2. The highest BCUT2D eigenvalue weighted by atomic mass is 16.5. The first-order chi connectivity index (χ1) is 15.1. The van der Waals surface area contributed by atoms with Gasteiger partial charge in [-0.25, -0.2) is 0 Å². The van der Waals surface area contributed by atoms with Crippen molar-refractivity contribution in [3.63, 3.8) is 0 Å². The van der Waals surface area contributed by atoms with Gasteiger partial charge < -0.3 is 10.1 Å². The third kappa shape index (κ3) is 15.6. The fourth-order valence-corrected chi connectivity index (χ4v) is 3.82. The highest BCUT2D eigenvalue weighted by Crippen LogP contribution is 2.14. The number of hydrogen-bond acceptors (Lipinski definition) is 3. The molecule has 0 bridgehead atoms. The SMILES string of the molecule is CCCCCCCCCCCCCCCCCCNC(=O)c1ccc(OC(C)=O)cc1. The molecule has 31 heavy (non-hydrogen) atoms. The van der Waals surface area contributed by atoms with E-state index in [-0.39, 0.29) is 11.9 Å². The first-order valence-corrected chi connectivity index (χ1v) is 12.7. The van der Waals surface area contributed by atoms with Crippen LogP contribution in [0.4, 0.5) is 0 Å². The Bertz CT molecular complexity index is 583. The fraction of sp³-hybridized carbons (Fsp3) is 0.704. The number of esters is 1. The van der Waals surface area contributed by atoms with E-state index in [2.05, 4.69) is 12.2 Å². The largest absolute Gasteiger partial charge is 0.427 e. The molecular formula is C27H45NO3. The van der Waals surface area contributed by atoms with Crippen LogP contribution in [0.1, 0.15) is 127 Å². The van der Waals surface area contributed by atoms with Gasteiger partial charge in [-0.1, -0.05) is 103 Å². The molecule has 0 unspecified atom stereocenters. The molecule has 4 heteroatoms. The number of hydrogen-bond donors (Lipinski definition) is 1. The van der Waals surface area contributed by atoms with Crippen LogP contribution in [0.5, 0.6) is 5.75 Å². The van der Waals surface area contributed by atoms with Crippen molar-refractivity contribution in [3.8, 4) is 5.75 Å². The van der Waals surface area contributed by atoms with Crippen LogP contribution in [0.15, 0.2) is 24.3 Å². The number of rotatable bonds is 19. The molecule has 0 aliphatic heterocycles. The van der Waals surface area contributed by atoms with Crippen LogP contribution < -0.4 is 10.1 Å². The van der Waals surface area contributed by atoms with Gasteiger partial charge in [0.25, 0.3) is 5.91 Å². The lowest BCUT2D eigenvalue weighted by Crippen LogP contribution is -2.24. The molecule has 0 aliphatic carbocycles. The molecule has 0 heterocycles. The second-order valence-electron chi connectivity index (χ2n) is 8.68. The molecule has 1 rings (SSSR count). The van der Waals surface area contributed by atoms with Crippen molar-refractivity contribution >= 4 is 11.9 Å². The number of amides is 1. The second-order valence-corrected chi connectivity index (χ2v) is 8.68. The normalized spacial score (nSPS) is 10.8. The van der Waals surface area contributed by atoms with E-state index in [1.54, 1.807) is 24.3 Å². The van der Waals surface area contributed by atoms with Crippen molar-refractivity contribution in [3.05, 3.63) is 29.8 Å². The van der Waals surface area contributed by atoms with E-state index < -0.39 is 0 Å². The van der Waals surface area contributed by atoms with E-state index >= 15 is 0 Å². The average molecular weight is 432 g/mol. The summed E-state index contributed by atoms with van der Waals surface area (Å²) in [6.45, 7) is 4.35. The summed E-state index contributed by atoms with van der Waals surface area (Å²) in [5.41, 5.74) is 0.590. The number of unbranched alkanes of at least 4 members (excludes halogenated alkanes) is 15. The Hall–Kier alpha value is -1.84. The molecule has 4 nitrogen and oxygen atoms in total. The van der Waals surface area contributed by atoms with Crippen LogP contribution >= 0.6 is 0 Å². The Balaban J connectivity index is 1.87. The molecule has 0 saturated heterocycles. The maximum atomic E-state index is 12.1. The molecule has 0 spiro atoms. The summed E-state index contributed by atoms with van der Waals surface area (Å²) in [6, 6.07) is 6.65. The zero-order valence-corrected chi connectivity index (χ0v) is 20.1. The fourth-order valence-electron chi connectivity index (χ4n) is 3.82. The summed E-state index contributed by atoms with van der Waals surface area (Å²) >= 11 is 0. The Morgan fingerprint density at radius 1 is 0.677 bits per heavy atom. The zero-order valence-electron chi connectivity index (χ0n) is 20.1. The number of benzene rings is 1. The predicted molar refractivity (Wildman–Crippen MR) is 130 cm³/mol. The molecule has 0 atom stereocenters. The van der Waals surface area contributed by atoms with Crippen LogP contribution in [-0.2, 0) is 4.79 Å². The van der Waals surface area contributed by atoms with Gasteiger partial charge in [-0.3, -0.25) is 9.59 Å². The van der Waals surface area contributed by atoms with Gasteiger partial charge in [0.15, 0.2) is 0 Å². The Morgan fingerprint density at radius 2 is 1.10 bits per heavy atom. The van der Waals surface area contributed by atoms with Gasteiger partial charge in [-0.05, 0) is 30.7 Å². The second kappa shape index (κ2) is 18.9.